The number of likely N-dealkylation sites (N-methyl/N-ethyl adjacent to an activating group) is 4. The van der Waals surface area contributed by atoms with Crippen molar-refractivity contribution >= 4 is 47.5 Å². The average Bonchev–Trinajstić information content (AvgIpc) is 3.31. The van der Waals surface area contributed by atoms with E-state index in [0.717, 1.165) is 25.2 Å². The van der Waals surface area contributed by atoms with Gasteiger partial charge in [0.15, 0.2) is 24.4 Å². The van der Waals surface area contributed by atoms with Gasteiger partial charge in [0.2, 0.25) is 0 Å². The first-order valence-electron chi connectivity index (χ1n) is 27.9. The number of nitrogens with zero attached hydrogens (tertiary/aromatic N) is 4. The van der Waals surface area contributed by atoms with E-state index in [1.807, 2.05) is 92.7 Å². The van der Waals surface area contributed by atoms with Crippen LogP contribution in [0, 0.1) is 22.2 Å². The number of carbonyl (C=O) groups excluding carboxylic acids is 8. The number of hydrogen-bond acceptors (Lipinski definition) is 12. The van der Waals surface area contributed by atoms with E-state index >= 15 is 18.4 Å². The van der Waals surface area contributed by atoms with Gasteiger partial charge in [0.05, 0.1) is 0 Å². The van der Waals surface area contributed by atoms with Crippen molar-refractivity contribution in [1.29, 1.82) is 0 Å². The zero-order chi connectivity index (χ0) is 61.6. The molecule has 0 bridgehead atoms. The minimum Gasteiger partial charge on any atom is -0.451 e. The van der Waals surface area contributed by atoms with Crippen LogP contribution < -0.4 is 0 Å². The van der Waals surface area contributed by atoms with Crippen molar-refractivity contribution in [3.05, 3.63) is 59.2 Å². The minimum absolute atomic E-state index is 0.0295. The van der Waals surface area contributed by atoms with Crippen LogP contribution >= 0.6 is 0 Å². The SMILES string of the molecule is C[C@H]1OC(=O)[C@H](CC(C)(C)C)N(C)C(=O)[C@@H](CC2=CCC(C(C)(C)C)C=C2)OC(=O)[C@H](CC(C)(C)F)N(C)C(=O)[C@@H](C)OC(=O)[C@H](CC(C)(C)C)N(C)C(=O)[C@@H](Cc2ccc(C(C)(C)C)cc2)OC(=O)[C@H](CC(C)(C)F)N(C)C1=O. The summed E-state index contributed by atoms with van der Waals surface area (Å²) in [6.07, 6.45) is -1.97. The van der Waals surface area contributed by atoms with Crippen LogP contribution in [-0.4, -0.2) is 155 Å². The Bertz CT molecular complexity index is 2420. The van der Waals surface area contributed by atoms with Gasteiger partial charge in [-0.15, -0.1) is 0 Å². The summed E-state index contributed by atoms with van der Waals surface area (Å²) >= 11 is 0. The molecule has 80 heavy (non-hydrogen) atoms. The fourth-order valence-electron chi connectivity index (χ4n) is 9.67. The second-order valence-electron chi connectivity index (χ2n) is 27.9. The number of amides is 4. The zero-order valence-corrected chi connectivity index (χ0v) is 52.1. The summed E-state index contributed by atoms with van der Waals surface area (Å²) < 4.78 is 55.7. The molecule has 2 aliphatic rings. The third kappa shape index (κ3) is 20.4. The Balaban J connectivity index is 2.36. The van der Waals surface area contributed by atoms with Gasteiger partial charge in [-0.25, -0.2) is 28.0 Å². The predicted molar refractivity (Wildman–Crippen MR) is 303 cm³/mol. The van der Waals surface area contributed by atoms with Crippen molar-refractivity contribution < 1.29 is 66.1 Å². The first kappa shape index (κ1) is 68.6. The Morgan fingerprint density at radius 3 is 1.12 bits per heavy atom. The standard InChI is InChI=1S/C62H96F2N4O12/c1-37-49(69)65(19)45(35-61(15,16)63)55(75)79-48(32-40-25-29-42(30-26-40)60(12,13)14)52(72)68(22)44(34-58(6,7)8)54(74)78-38(2)50(70)66(20)46(36-62(17,18)64)56(76)80-47(31-39-23-27-41(28-24-39)59(9,10)11)51(71)67(21)43(53(73)77-37)33-57(3,4)5/h23-29,37-38,42-48H,30-36H2,1-22H3/t37-,38-,42?,43+,44+,45+,46+,47-,48-/m1/s1. The van der Waals surface area contributed by atoms with E-state index in [9.17, 15) is 28.8 Å². The zero-order valence-electron chi connectivity index (χ0n) is 52.1. The van der Waals surface area contributed by atoms with E-state index < -0.39 is 131 Å². The summed E-state index contributed by atoms with van der Waals surface area (Å²) in [6, 6.07) is 1.06. The smallest absolute Gasteiger partial charge is 0.329 e. The Morgan fingerprint density at radius 1 is 0.475 bits per heavy atom. The van der Waals surface area contributed by atoms with Crippen LogP contribution in [0.3, 0.4) is 0 Å². The summed E-state index contributed by atoms with van der Waals surface area (Å²) in [5.41, 5.74) is -3.73. The van der Waals surface area contributed by atoms with Gasteiger partial charge in [0, 0.05) is 53.9 Å². The maximum absolute atomic E-state index is 15.9. The molecule has 18 heteroatoms. The van der Waals surface area contributed by atoms with Crippen molar-refractivity contribution in [2.24, 2.45) is 22.2 Å². The van der Waals surface area contributed by atoms with Gasteiger partial charge in [0.25, 0.3) is 23.6 Å². The number of ether oxygens (including phenoxy) is 4. The second-order valence-corrected chi connectivity index (χ2v) is 27.9. The van der Waals surface area contributed by atoms with Gasteiger partial charge in [-0.05, 0) is 105 Å². The maximum Gasteiger partial charge on any atom is 0.329 e. The number of benzene rings is 1. The molecule has 0 radical (unpaired) electrons. The van der Waals surface area contributed by atoms with E-state index in [1.54, 1.807) is 12.1 Å². The van der Waals surface area contributed by atoms with Gasteiger partial charge < -0.3 is 38.5 Å². The molecule has 1 fully saturated rings. The lowest BCUT2D eigenvalue weighted by Gasteiger charge is -2.37. The molecule has 1 heterocycles. The lowest BCUT2D eigenvalue weighted by atomic mass is 9.76. The predicted octanol–water partition coefficient (Wildman–Crippen LogP) is 9.62. The van der Waals surface area contributed by atoms with Gasteiger partial charge in [-0.2, -0.15) is 0 Å². The van der Waals surface area contributed by atoms with E-state index in [1.165, 1.54) is 69.7 Å². The van der Waals surface area contributed by atoms with Crippen LogP contribution in [0.4, 0.5) is 8.78 Å². The summed E-state index contributed by atoms with van der Waals surface area (Å²) in [5.74, 6) is -7.86. The third-order valence-corrected chi connectivity index (χ3v) is 14.6. The molecule has 1 unspecified atom stereocenters. The van der Waals surface area contributed by atoms with Gasteiger partial charge in [-0.1, -0.05) is 126 Å². The monoisotopic (exact) mass is 1130 g/mol. The molecule has 1 aliphatic carbocycles. The molecule has 450 valence electrons. The van der Waals surface area contributed by atoms with Crippen molar-refractivity contribution in [3.8, 4) is 0 Å². The summed E-state index contributed by atoms with van der Waals surface area (Å²) in [5, 5.41) is 0. The van der Waals surface area contributed by atoms with Crippen LogP contribution in [0.15, 0.2) is 48.1 Å². The summed E-state index contributed by atoms with van der Waals surface area (Å²) in [7, 11) is 5.08. The number of hydrogen-bond donors (Lipinski definition) is 0. The highest BCUT2D eigenvalue weighted by atomic mass is 19.1. The third-order valence-electron chi connectivity index (χ3n) is 14.6. The molecule has 0 N–H and O–H groups in total. The summed E-state index contributed by atoms with van der Waals surface area (Å²) in [4.78, 5) is 121. The van der Waals surface area contributed by atoms with Crippen LogP contribution in [0.1, 0.15) is 174 Å². The Labute approximate surface area is 476 Å². The normalized spacial score (nSPS) is 26.1. The molecule has 1 aromatic rings. The lowest BCUT2D eigenvalue weighted by molar-refractivity contribution is -0.177. The molecular weight excluding hydrogens is 1030 g/mol. The van der Waals surface area contributed by atoms with Gasteiger partial charge in [0.1, 0.15) is 35.5 Å². The van der Waals surface area contributed by atoms with Gasteiger partial charge >= 0.3 is 23.9 Å². The number of cyclic esters (lactones) is 4. The molecule has 16 nitrogen and oxygen atoms in total. The highest BCUT2D eigenvalue weighted by Crippen LogP contribution is 2.36. The molecule has 9 atom stereocenters. The number of allylic oxidation sites excluding steroid dienone is 3. The number of halogens is 2. The molecule has 0 saturated carbocycles. The Kier molecular flexibility index (Phi) is 22.7. The van der Waals surface area contributed by atoms with Crippen LogP contribution in [0.2, 0.25) is 0 Å². The van der Waals surface area contributed by atoms with E-state index in [-0.39, 0.29) is 42.4 Å². The minimum atomic E-state index is -2.11. The topological polar surface area (TPSA) is 186 Å². The molecule has 0 spiro atoms. The molecule has 3 rings (SSSR count). The molecular formula is C62H96F2N4O12. The van der Waals surface area contributed by atoms with Crippen LogP contribution in [0.5, 0.6) is 0 Å². The number of rotatable bonds is 10. The molecule has 1 aliphatic heterocycles. The van der Waals surface area contributed by atoms with Crippen molar-refractivity contribution in [1.82, 2.24) is 19.6 Å². The fourth-order valence-corrected chi connectivity index (χ4v) is 9.67. The number of carbonyl (C=O) groups is 8. The maximum atomic E-state index is 15.9. The van der Waals surface area contributed by atoms with Crippen molar-refractivity contribution in [2.45, 2.75) is 235 Å². The highest BCUT2D eigenvalue weighted by molar-refractivity contribution is 5.94. The quantitative estimate of drug-likeness (QED) is 0.160. The average molecular weight is 1130 g/mol. The van der Waals surface area contributed by atoms with E-state index in [2.05, 4.69) is 20.8 Å². The van der Waals surface area contributed by atoms with Crippen LogP contribution in [-0.2, 0) is 69.1 Å². The molecule has 4 amide bonds. The lowest BCUT2D eigenvalue weighted by Crippen LogP contribution is -2.55. The number of alkyl halides is 2. The first-order valence-corrected chi connectivity index (χ1v) is 27.9. The van der Waals surface area contributed by atoms with E-state index in [4.69, 9.17) is 18.9 Å². The fraction of sp³-hybridized carbons (Fsp3) is 0.710. The number of esters is 4. The van der Waals surface area contributed by atoms with E-state index in [0.29, 0.717) is 17.6 Å². The largest absolute Gasteiger partial charge is 0.451 e. The molecule has 1 aromatic carbocycles. The second kappa shape index (κ2) is 26.5. The Morgan fingerprint density at radius 2 is 0.812 bits per heavy atom. The van der Waals surface area contributed by atoms with Crippen LogP contribution in [0.25, 0.3) is 0 Å². The van der Waals surface area contributed by atoms with Gasteiger partial charge in [-0.3, -0.25) is 19.2 Å². The van der Waals surface area contributed by atoms with Crippen molar-refractivity contribution in [3.63, 3.8) is 0 Å². The molecule has 1 saturated heterocycles. The van der Waals surface area contributed by atoms with Crippen molar-refractivity contribution in [2.75, 3.05) is 28.2 Å². The Hall–Kier alpha value is -5.68. The summed E-state index contributed by atoms with van der Waals surface area (Å²) in [6.45, 7) is 30.6. The first-order chi connectivity index (χ1) is 36.2. The molecule has 0 aromatic heterocycles. The highest BCUT2D eigenvalue weighted by Gasteiger charge is 2.45.